The van der Waals surface area contributed by atoms with Gasteiger partial charge in [-0.3, -0.25) is 14.3 Å². The highest BCUT2D eigenvalue weighted by molar-refractivity contribution is 7.81. The predicted octanol–water partition coefficient (Wildman–Crippen LogP) is 5.23. The van der Waals surface area contributed by atoms with E-state index in [0.717, 1.165) is 61.8 Å². The zero-order chi connectivity index (χ0) is 32.2. The Morgan fingerprint density at radius 3 is 2.65 bits per heavy atom. The molecule has 2 amide bonds. The zero-order valence-corrected chi connectivity index (χ0v) is 28.3. The van der Waals surface area contributed by atoms with E-state index in [1.165, 1.54) is 46.0 Å². The number of nitrogens with zero attached hydrogens (tertiary/aromatic N) is 2. The Bertz CT molecular complexity index is 1690. The highest BCUT2D eigenvalue weighted by atomic mass is 32.2. The number of nitrogens with one attached hydrogen (secondary N) is 3. The highest BCUT2D eigenvalue weighted by Crippen LogP contribution is 2.65. The lowest BCUT2D eigenvalue weighted by Crippen LogP contribution is -2.53. The van der Waals surface area contributed by atoms with Gasteiger partial charge in [-0.05, 0) is 85.5 Å². The number of ether oxygens (including phenoxy) is 1. The minimum atomic E-state index is -1.64. The summed E-state index contributed by atoms with van der Waals surface area (Å²) in [5.41, 5.74) is 5.70. The van der Waals surface area contributed by atoms with Crippen LogP contribution in [0.1, 0.15) is 91.6 Å². The van der Waals surface area contributed by atoms with E-state index in [2.05, 4.69) is 45.0 Å². The van der Waals surface area contributed by atoms with Crippen molar-refractivity contribution < 1.29 is 18.5 Å². The molecule has 0 radical (unpaired) electrons. The van der Waals surface area contributed by atoms with Gasteiger partial charge < -0.3 is 19.9 Å². The van der Waals surface area contributed by atoms with Crippen molar-refractivity contribution >= 4 is 33.9 Å². The molecular formula is C36H47N5O4S. The third kappa shape index (κ3) is 5.36. The van der Waals surface area contributed by atoms with Crippen LogP contribution in [0.5, 0.6) is 5.75 Å². The summed E-state index contributed by atoms with van der Waals surface area (Å²) in [4.78, 5) is 27.9. The first-order chi connectivity index (χ1) is 22.3. The minimum Gasteiger partial charge on any atom is -0.497 e. The van der Waals surface area contributed by atoms with E-state index in [9.17, 15) is 13.8 Å². The van der Waals surface area contributed by atoms with Crippen molar-refractivity contribution in [3.8, 4) is 17.0 Å². The van der Waals surface area contributed by atoms with Crippen LogP contribution in [0.3, 0.4) is 0 Å². The molecule has 0 spiro atoms. The second-order valence-electron chi connectivity index (χ2n) is 14.0. The third-order valence-corrected chi connectivity index (χ3v) is 12.2. The van der Waals surface area contributed by atoms with Crippen LogP contribution in [0.25, 0.3) is 22.2 Å². The molecule has 3 aromatic rings. The smallest absolute Gasteiger partial charge is 0.264 e. The number of fused-ring (bicyclic) bond motifs is 7. The molecule has 3 heterocycles. The van der Waals surface area contributed by atoms with Crippen molar-refractivity contribution in [1.82, 2.24) is 24.2 Å². The van der Waals surface area contributed by atoms with Crippen molar-refractivity contribution in [3.05, 3.63) is 53.1 Å². The average molecular weight is 646 g/mol. The van der Waals surface area contributed by atoms with E-state index in [1.807, 2.05) is 18.2 Å². The van der Waals surface area contributed by atoms with Gasteiger partial charge in [-0.15, -0.1) is 0 Å². The van der Waals surface area contributed by atoms with E-state index >= 15 is 0 Å². The van der Waals surface area contributed by atoms with Crippen LogP contribution in [0, 0.1) is 11.3 Å². The van der Waals surface area contributed by atoms with Crippen LogP contribution in [-0.4, -0.2) is 65.2 Å². The van der Waals surface area contributed by atoms with Crippen LogP contribution in [-0.2, 0) is 22.5 Å². The first-order valence-electron chi connectivity index (χ1n) is 17.0. The zero-order valence-electron chi connectivity index (χ0n) is 27.5. The molecular weight excluding hydrogens is 598 g/mol. The summed E-state index contributed by atoms with van der Waals surface area (Å²) in [6.45, 7) is 4.55. The quantitative estimate of drug-likeness (QED) is 0.312. The minimum absolute atomic E-state index is 0.0809. The van der Waals surface area contributed by atoms with Gasteiger partial charge in [0, 0.05) is 61.2 Å². The van der Waals surface area contributed by atoms with Gasteiger partial charge in [-0.1, -0.05) is 38.7 Å². The summed E-state index contributed by atoms with van der Waals surface area (Å²) in [5, 5.41) is 8.16. The van der Waals surface area contributed by atoms with Crippen molar-refractivity contribution in [2.24, 2.45) is 11.3 Å². The van der Waals surface area contributed by atoms with Crippen LogP contribution >= 0.6 is 0 Å². The molecule has 0 bridgehead atoms. The number of benzene rings is 2. The summed E-state index contributed by atoms with van der Waals surface area (Å²) < 4.78 is 24.6. The Balaban J connectivity index is 1.39. The summed E-state index contributed by atoms with van der Waals surface area (Å²) >= 11 is -1.64. The Morgan fingerprint density at radius 1 is 1.11 bits per heavy atom. The summed E-state index contributed by atoms with van der Waals surface area (Å²) in [5.74, 6) is 1.50. The topological polar surface area (TPSA) is 105 Å². The molecule has 2 saturated carbocycles. The Morgan fingerprint density at radius 2 is 1.91 bits per heavy atom. The second-order valence-corrected chi connectivity index (χ2v) is 15.4. The van der Waals surface area contributed by atoms with Gasteiger partial charge in [-0.25, -0.2) is 8.51 Å². The molecule has 1 saturated heterocycles. The molecule has 4 aliphatic rings. The largest absolute Gasteiger partial charge is 0.497 e. The molecule has 2 aliphatic heterocycles. The predicted molar refractivity (Wildman–Crippen MR) is 182 cm³/mol. The SMILES string of the molecule is CCC1CCNC[C@@H]1NC(=O)C12CC1c1cc(OC)ccc1-c1c(C3CCCCC3)c3ccc(C(=O)NS(=O)N(C)C)cc3n1C2. The van der Waals surface area contributed by atoms with Gasteiger partial charge >= 0.3 is 0 Å². The fourth-order valence-electron chi connectivity index (χ4n) is 8.55. The van der Waals surface area contributed by atoms with E-state index in [0.29, 0.717) is 23.9 Å². The summed E-state index contributed by atoms with van der Waals surface area (Å²) in [6.07, 6.45) is 8.80. The van der Waals surface area contributed by atoms with Gasteiger partial charge in [0.1, 0.15) is 5.75 Å². The molecule has 2 aliphatic carbocycles. The Labute approximate surface area is 274 Å². The number of hydrogen-bond donors (Lipinski definition) is 3. The second kappa shape index (κ2) is 12.4. The molecule has 2 aromatic carbocycles. The lowest BCUT2D eigenvalue weighted by molar-refractivity contribution is -0.128. The normalized spacial score (nSPS) is 26.4. The third-order valence-electron chi connectivity index (χ3n) is 11.2. The van der Waals surface area contributed by atoms with Crippen molar-refractivity contribution in [1.29, 1.82) is 0 Å². The van der Waals surface area contributed by atoms with E-state index in [-0.39, 0.29) is 23.8 Å². The highest BCUT2D eigenvalue weighted by Gasteiger charge is 2.63. The van der Waals surface area contributed by atoms with Gasteiger partial charge in [-0.2, -0.15) is 0 Å². The Hall–Kier alpha value is -3.21. The number of methoxy groups -OCH3 is 1. The van der Waals surface area contributed by atoms with Crippen LogP contribution in [0.4, 0.5) is 0 Å². The number of carbonyl (C=O) groups is 2. The molecule has 246 valence electrons. The van der Waals surface area contributed by atoms with Gasteiger partial charge in [0.2, 0.25) is 5.91 Å². The van der Waals surface area contributed by atoms with Crippen LogP contribution in [0.2, 0.25) is 0 Å². The molecule has 3 N–H and O–H groups in total. The summed E-state index contributed by atoms with van der Waals surface area (Å²) in [6, 6.07) is 12.4. The molecule has 3 fully saturated rings. The van der Waals surface area contributed by atoms with Gasteiger partial charge in [0.05, 0.1) is 18.2 Å². The average Bonchev–Trinajstić information content (AvgIpc) is 3.75. The maximum atomic E-state index is 14.5. The van der Waals surface area contributed by atoms with Crippen LogP contribution < -0.4 is 20.1 Å². The first kappa shape index (κ1) is 31.4. The fourth-order valence-corrected chi connectivity index (χ4v) is 9.01. The number of amides is 2. The Kier molecular flexibility index (Phi) is 8.48. The number of piperidine rings is 1. The van der Waals surface area contributed by atoms with Crippen molar-refractivity contribution in [3.63, 3.8) is 0 Å². The van der Waals surface area contributed by atoms with Gasteiger partial charge in [0.25, 0.3) is 5.91 Å². The van der Waals surface area contributed by atoms with E-state index in [1.54, 1.807) is 21.2 Å². The molecule has 4 unspecified atom stereocenters. The molecule has 46 heavy (non-hydrogen) atoms. The molecule has 1 aromatic heterocycles. The maximum Gasteiger partial charge on any atom is 0.264 e. The number of rotatable bonds is 8. The van der Waals surface area contributed by atoms with E-state index < -0.39 is 16.6 Å². The number of carbonyl (C=O) groups excluding carboxylic acids is 2. The number of aromatic nitrogens is 1. The fraction of sp³-hybridized carbons (Fsp3) is 0.556. The van der Waals surface area contributed by atoms with Crippen molar-refractivity contribution in [2.45, 2.75) is 82.7 Å². The van der Waals surface area contributed by atoms with Gasteiger partial charge in [0.15, 0.2) is 11.2 Å². The molecule has 5 atom stereocenters. The maximum absolute atomic E-state index is 14.5. The summed E-state index contributed by atoms with van der Waals surface area (Å²) in [7, 11) is 5.03. The van der Waals surface area contributed by atoms with Crippen molar-refractivity contribution in [2.75, 3.05) is 34.3 Å². The molecule has 9 nitrogen and oxygen atoms in total. The first-order valence-corrected chi connectivity index (χ1v) is 18.1. The number of hydrogen-bond acceptors (Lipinski definition) is 5. The van der Waals surface area contributed by atoms with E-state index in [4.69, 9.17) is 4.74 Å². The standard InChI is InChI=1S/C36H47N5O4S/c1-5-22-15-16-37-20-30(22)38-35(43)36-19-29(36)28-18-25(45-4)12-14-26(28)33-32(23-9-7-6-8-10-23)27-13-11-24(17-31(27)41(33)21-36)34(42)39-46(44)40(2)3/h11-14,17-18,22-23,29-30,37H,5-10,15-16,19-21H2,1-4H3,(H,38,43)(H,39,42)/t22?,29?,30-,36?,46?/m0/s1. The van der Waals surface area contributed by atoms with Crippen LogP contribution in [0.15, 0.2) is 36.4 Å². The monoisotopic (exact) mass is 645 g/mol. The molecule has 10 heteroatoms. The molecule has 7 rings (SSSR count). The lowest BCUT2D eigenvalue weighted by Gasteiger charge is -2.33. The lowest BCUT2D eigenvalue weighted by atomic mass is 9.81.